The Bertz CT molecular complexity index is 179. The first-order chi connectivity index (χ1) is 7.09. The Labute approximate surface area is 99.8 Å². The highest BCUT2D eigenvalue weighted by Gasteiger charge is 2.25. The predicted molar refractivity (Wildman–Crippen MR) is 71.6 cm³/mol. The van der Waals surface area contributed by atoms with Gasteiger partial charge in [-0.05, 0) is 38.9 Å². The van der Waals surface area contributed by atoms with E-state index in [1.165, 1.54) is 32.1 Å². The maximum Gasteiger partial charge on any atom is 0.0225 e. The van der Waals surface area contributed by atoms with Gasteiger partial charge in [-0.1, -0.05) is 26.2 Å². The number of rotatable bonds is 5. The van der Waals surface area contributed by atoms with Crippen LogP contribution in [0.3, 0.4) is 0 Å². The second kappa shape index (κ2) is 6.15. The van der Waals surface area contributed by atoms with E-state index in [4.69, 9.17) is 0 Å². The van der Waals surface area contributed by atoms with Crippen molar-refractivity contribution in [3.63, 3.8) is 0 Å². The van der Waals surface area contributed by atoms with E-state index >= 15 is 0 Å². The lowest BCUT2D eigenvalue weighted by Crippen LogP contribution is -2.44. The molecule has 2 unspecified atom stereocenters. The molecular weight excluding hydrogens is 202 g/mol. The molecule has 0 saturated heterocycles. The van der Waals surface area contributed by atoms with Crippen LogP contribution in [0.4, 0.5) is 0 Å². The Morgan fingerprint density at radius 3 is 2.53 bits per heavy atom. The van der Waals surface area contributed by atoms with Gasteiger partial charge < -0.3 is 5.32 Å². The summed E-state index contributed by atoms with van der Waals surface area (Å²) in [6, 6.07) is 0.787. The molecule has 0 bridgehead atoms. The van der Waals surface area contributed by atoms with Crippen molar-refractivity contribution < 1.29 is 0 Å². The van der Waals surface area contributed by atoms with Crippen molar-refractivity contribution in [3.8, 4) is 0 Å². The molecule has 0 spiro atoms. The smallest absolute Gasteiger partial charge is 0.0225 e. The van der Waals surface area contributed by atoms with E-state index in [1.54, 1.807) is 0 Å². The SMILES string of the molecule is CCC1CCCCC1NCC(C)(C)SC. The summed E-state index contributed by atoms with van der Waals surface area (Å²) in [6.07, 6.45) is 9.25. The first kappa shape index (κ1) is 13.4. The number of nitrogens with one attached hydrogen (secondary N) is 1. The number of hydrogen-bond donors (Lipinski definition) is 1. The van der Waals surface area contributed by atoms with Gasteiger partial charge in [0.2, 0.25) is 0 Å². The molecule has 1 aliphatic rings. The van der Waals surface area contributed by atoms with Crippen molar-refractivity contribution in [1.82, 2.24) is 5.32 Å². The topological polar surface area (TPSA) is 12.0 Å². The van der Waals surface area contributed by atoms with Crippen molar-refractivity contribution in [2.24, 2.45) is 5.92 Å². The third kappa shape index (κ3) is 4.36. The van der Waals surface area contributed by atoms with Crippen molar-refractivity contribution in [2.75, 3.05) is 12.8 Å². The zero-order valence-electron chi connectivity index (χ0n) is 10.8. The summed E-state index contributed by atoms with van der Waals surface area (Å²) in [4.78, 5) is 0. The molecular formula is C13H27NS. The highest BCUT2D eigenvalue weighted by atomic mass is 32.2. The van der Waals surface area contributed by atoms with Crippen molar-refractivity contribution in [1.29, 1.82) is 0 Å². The van der Waals surface area contributed by atoms with Gasteiger partial charge in [-0.3, -0.25) is 0 Å². The fourth-order valence-corrected chi connectivity index (χ4v) is 2.64. The van der Waals surface area contributed by atoms with Gasteiger partial charge in [0.25, 0.3) is 0 Å². The molecule has 15 heavy (non-hydrogen) atoms. The van der Waals surface area contributed by atoms with E-state index in [1.807, 2.05) is 11.8 Å². The van der Waals surface area contributed by atoms with Crippen LogP contribution in [0.5, 0.6) is 0 Å². The third-order valence-corrected chi connectivity index (χ3v) is 5.03. The number of thioether (sulfide) groups is 1. The van der Waals surface area contributed by atoms with Crippen LogP contribution in [0, 0.1) is 5.92 Å². The zero-order valence-corrected chi connectivity index (χ0v) is 11.6. The minimum Gasteiger partial charge on any atom is -0.312 e. The molecule has 1 aliphatic carbocycles. The van der Waals surface area contributed by atoms with E-state index < -0.39 is 0 Å². The Morgan fingerprint density at radius 1 is 1.27 bits per heavy atom. The Kier molecular flexibility index (Phi) is 5.48. The standard InChI is InChI=1S/C13H27NS/c1-5-11-8-6-7-9-12(11)14-10-13(2,3)15-4/h11-12,14H,5-10H2,1-4H3. The van der Waals surface area contributed by atoms with Gasteiger partial charge >= 0.3 is 0 Å². The van der Waals surface area contributed by atoms with Gasteiger partial charge in [0.15, 0.2) is 0 Å². The Hall–Kier alpha value is 0.310. The van der Waals surface area contributed by atoms with Crippen LogP contribution < -0.4 is 5.32 Å². The van der Waals surface area contributed by atoms with E-state index in [0.717, 1.165) is 18.5 Å². The largest absolute Gasteiger partial charge is 0.312 e. The lowest BCUT2D eigenvalue weighted by molar-refractivity contribution is 0.252. The summed E-state index contributed by atoms with van der Waals surface area (Å²) in [7, 11) is 0. The zero-order chi connectivity index (χ0) is 11.3. The average molecular weight is 229 g/mol. The molecule has 0 amide bonds. The second-order valence-electron chi connectivity index (χ2n) is 5.40. The quantitative estimate of drug-likeness (QED) is 0.772. The molecule has 0 aromatic rings. The molecule has 0 aliphatic heterocycles. The van der Waals surface area contributed by atoms with Gasteiger partial charge in [-0.25, -0.2) is 0 Å². The van der Waals surface area contributed by atoms with Crippen LogP contribution in [-0.2, 0) is 0 Å². The summed E-state index contributed by atoms with van der Waals surface area (Å²) in [5.41, 5.74) is 0. The molecule has 0 aromatic carbocycles. The summed E-state index contributed by atoms with van der Waals surface area (Å²) in [6.45, 7) is 8.14. The number of hydrogen-bond acceptors (Lipinski definition) is 2. The summed E-state index contributed by atoms with van der Waals surface area (Å²) < 4.78 is 0.385. The van der Waals surface area contributed by atoms with Crippen LogP contribution >= 0.6 is 11.8 Å². The molecule has 2 atom stereocenters. The van der Waals surface area contributed by atoms with Gasteiger partial charge in [-0.2, -0.15) is 11.8 Å². The Morgan fingerprint density at radius 2 is 1.93 bits per heavy atom. The van der Waals surface area contributed by atoms with E-state index in [-0.39, 0.29) is 0 Å². The summed E-state index contributed by atoms with van der Waals surface area (Å²) in [5, 5.41) is 3.79. The molecule has 0 aromatic heterocycles. The van der Waals surface area contributed by atoms with Gasteiger partial charge in [0.05, 0.1) is 0 Å². The highest BCUT2D eigenvalue weighted by Crippen LogP contribution is 2.28. The minimum atomic E-state index is 0.385. The fourth-order valence-electron chi connectivity index (χ4n) is 2.41. The van der Waals surface area contributed by atoms with Crippen LogP contribution in [0.25, 0.3) is 0 Å². The Balaban J connectivity index is 2.35. The third-order valence-electron chi connectivity index (χ3n) is 3.78. The van der Waals surface area contributed by atoms with Crippen molar-refractivity contribution in [2.45, 2.75) is 63.7 Å². The van der Waals surface area contributed by atoms with Gasteiger partial charge in [-0.15, -0.1) is 0 Å². The molecule has 2 heteroatoms. The first-order valence-corrected chi connectivity index (χ1v) is 7.60. The van der Waals surface area contributed by atoms with Crippen LogP contribution in [0.15, 0.2) is 0 Å². The molecule has 1 nitrogen and oxygen atoms in total. The maximum absolute atomic E-state index is 3.79. The van der Waals surface area contributed by atoms with E-state index in [0.29, 0.717) is 4.75 Å². The monoisotopic (exact) mass is 229 g/mol. The summed E-state index contributed by atoms with van der Waals surface area (Å²) >= 11 is 1.96. The molecule has 1 N–H and O–H groups in total. The molecule has 1 rings (SSSR count). The summed E-state index contributed by atoms with van der Waals surface area (Å²) in [5.74, 6) is 0.927. The lowest BCUT2D eigenvalue weighted by Gasteiger charge is -2.34. The van der Waals surface area contributed by atoms with Crippen molar-refractivity contribution in [3.05, 3.63) is 0 Å². The predicted octanol–water partition coefficient (Wildman–Crippen LogP) is 3.69. The van der Waals surface area contributed by atoms with Crippen LogP contribution in [0.2, 0.25) is 0 Å². The van der Waals surface area contributed by atoms with Crippen LogP contribution in [-0.4, -0.2) is 23.6 Å². The van der Waals surface area contributed by atoms with Gasteiger partial charge in [0, 0.05) is 17.3 Å². The first-order valence-electron chi connectivity index (χ1n) is 6.37. The normalized spacial score (nSPS) is 28.0. The molecule has 1 fully saturated rings. The van der Waals surface area contributed by atoms with Crippen LogP contribution in [0.1, 0.15) is 52.9 Å². The van der Waals surface area contributed by atoms with Gasteiger partial charge in [0.1, 0.15) is 0 Å². The highest BCUT2D eigenvalue weighted by molar-refractivity contribution is 7.99. The molecule has 0 heterocycles. The average Bonchev–Trinajstić information content (AvgIpc) is 2.27. The molecule has 0 radical (unpaired) electrons. The van der Waals surface area contributed by atoms with Crippen molar-refractivity contribution >= 4 is 11.8 Å². The maximum atomic E-state index is 3.79. The molecule has 90 valence electrons. The van der Waals surface area contributed by atoms with E-state index in [2.05, 4.69) is 32.3 Å². The minimum absolute atomic E-state index is 0.385. The second-order valence-corrected chi connectivity index (χ2v) is 6.92. The lowest BCUT2D eigenvalue weighted by atomic mass is 9.83. The van der Waals surface area contributed by atoms with E-state index in [9.17, 15) is 0 Å². The fraction of sp³-hybridized carbons (Fsp3) is 1.00. The molecule has 1 saturated carbocycles.